The van der Waals surface area contributed by atoms with Crippen molar-refractivity contribution in [2.24, 2.45) is 0 Å². The second-order valence-corrected chi connectivity index (χ2v) is 4.36. The molecule has 2 N–H and O–H groups in total. The van der Waals surface area contributed by atoms with Crippen molar-refractivity contribution >= 4 is 5.69 Å². The molecule has 2 nitrogen and oxygen atoms in total. The number of benzene rings is 2. The molecule has 2 aromatic carbocycles. The minimum Gasteiger partial charge on any atom is -0.398 e. The quantitative estimate of drug-likeness (QED) is 0.825. The third-order valence-corrected chi connectivity index (χ3v) is 3.00. The summed E-state index contributed by atoms with van der Waals surface area (Å²) in [5, 5.41) is 8.97. The number of rotatable bonds is 3. The molecule has 0 atom stereocenters. The Balaban J connectivity index is 2.34. The van der Waals surface area contributed by atoms with Gasteiger partial charge < -0.3 is 5.73 Å². The van der Waals surface area contributed by atoms with E-state index in [-0.39, 0.29) is 0 Å². The summed E-state index contributed by atoms with van der Waals surface area (Å²) in [6, 6.07) is 16.2. The smallest absolute Gasteiger partial charge is 0.101 e. The highest BCUT2D eigenvalue weighted by Gasteiger charge is 2.02. The van der Waals surface area contributed by atoms with Crippen molar-refractivity contribution in [3.8, 4) is 17.2 Å². The highest BCUT2D eigenvalue weighted by atomic mass is 14.6. The van der Waals surface area contributed by atoms with Crippen molar-refractivity contribution in [2.75, 3.05) is 5.73 Å². The van der Waals surface area contributed by atoms with Crippen molar-refractivity contribution in [1.82, 2.24) is 0 Å². The topological polar surface area (TPSA) is 49.8 Å². The van der Waals surface area contributed by atoms with Crippen molar-refractivity contribution in [3.63, 3.8) is 0 Å². The largest absolute Gasteiger partial charge is 0.398 e. The molecule has 0 aliphatic rings. The van der Waals surface area contributed by atoms with Crippen LogP contribution in [-0.2, 0) is 6.42 Å². The monoisotopic (exact) mass is 236 g/mol. The molecule has 0 aromatic heterocycles. The van der Waals surface area contributed by atoms with Crippen molar-refractivity contribution in [2.45, 2.75) is 19.8 Å². The van der Waals surface area contributed by atoms with Crippen LogP contribution >= 0.6 is 0 Å². The maximum absolute atomic E-state index is 8.97. The Morgan fingerprint density at radius 2 is 1.72 bits per heavy atom. The van der Waals surface area contributed by atoms with Gasteiger partial charge in [-0.15, -0.1) is 0 Å². The third-order valence-electron chi connectivity index (χ3n) is 3.00. The minimum atomic E-state index is 0.531. The predicted molar refractivity (Wildman–Crippen MR) is 75.0 cm³/mol. The van der Waals surface area contributed by atoms with Crippen LogP contribution in [0.2, 0.25) is 0 Å². The summed E-state index contributed by atoms with van der Waals surface area (Å²) < 4.78 is 0. The molecule has 90 valence electrons. The molecule has 0 unspecified atom stereocenters. The molecule has 0 fully saturated rings. The van der Waals surface area contributed by atoms with E-state index in [0.717, 1.165) is 24.0 Å². The molecular weight excluding hydrogens is 220 g/mol. The van der Waals surface area contributed by atoms with Crippen molar-refractivity contribution in [1.29, 1.82) is 5.26 Å². The first kappa shape index (κ1) is 12.2. The van der Waals surface area contributed by atoms with E-state index in [0.29, 0.717) is 11.3 Å². The fourth-order valence-corrected chi connectivity index (χ4v) is 1.99. The second kappa shape index (κ2) is 5.37. The molecule has 0 aliphatic heterocycles. The lowest BCUT2D eigenvalue weighted by Crippen LogP contribution is -1.90. The lowest BCUT2D eigenvalue weighted by molar-refractivity contribution is 0.922. The number of hydrogen-bond acceptors (Lipinski definition) is 2. The first-order valence-corrected chi connectivity index (χ1v) is 6.13. The van der Waals surface area contributed by atoms with Crippen molar-refractivity contribution in [3.05, 3.63) is 53.6 Å². The first-order chi connectivity index (χ1) is 8.74. The maximum Gasteiger partial charge on any atom is 0.101 e. The van der Waals surface area contributed by atoms with Gasteiger partial charge in [-0.05, 0) is 35.2 Å². The molecule has 0 bridgehead atoms. The molecular formula is C16H16N2. The van der Waals surface area contributed by atoms with Gasteiger partial charge in [0.25, 0.3) is 0 Å². The van der Waals surface area contributed by atoms with Crippen LogP contribution in [0.15, 0.2) is 42.5 Å². The molecule has 0 amide bonds. The summed E-state index contributed by atoms with van der Waals surface area (Å²) >= 11 is 0. The van der Waals surface area contributed by atoms with Gasteiger partial charge >= 0.3 is 0 Å². The van der Waals surface area contributed by atoms with Crippen LogP contribution in [0.3, 0.4) is 0 Å². The molecule has 0 spiro atoms. The first-order valence-electron chi connectivity index (χ1n) is 6.13. The van der Waals surface area contributed by atoms with E-state index in [1.54, 1.807) is 6.07 Å². The number of nitrogens with two attached hydrogens (primary N) is 1. The fraction of sp³-hybridized carbons (Fsp3) is 0.188. The summed E-state index contributed by atoms with van der Waals surface area (Å²) in [7, 11) is 0. The van der Waals surface area contributed by atoms with Crippen LogP contribution in [-0.4, -0.2) is 0 Å². The van der Waals surface area contributed by atoms with Gasteiger partial charge in [-0.2, -0.15) is 5.26 Å². The zero-order valence-electron chi connectivity index (χ0n) is 10.5. The second-order valence-electron chi connectivity index (χ2n) is 4.36. The molecule has 0 heterocycles. The molecule has 18 heavy (non-hydrogen) atoms. The number of hydrogen-bond donors (Lipinski definition) is 1. The van der Waals surface area contributed by atoms with Crippen LogP contribution in [0.25, 0.3) is 11.1 Å². The minimum absolute atomic E-state index is 0.531. The zero-order valence-corrected chi connectivity index (χ0v) is 10.5. The molecule has 0 saturated heterocycles. The van der Waals surface area contributed by atoms with E-state index in [2.05, 4.69) is 37.3 Å². The Hall–Kier alpha value is -2.27. The van der Waals surface area contributed by atoms with Gasteiger partial charge in [0, 0.05) is 5.69 Å². The van der Waals surface area contributed by atoms with Gasteiger partial charge in [0.15, 0.2) is 0 Å². The number of anilines is 1. The molecule has 2 aromatic rings. The number of nitrogen functional groups attached to an aromatic ring is 1. The standard InChI is InChI=1S/C16H16N2/c1-2-3-12-4-6-13(7-5-12)14-8-9-16(18)15(10-14)11-17/h4-10H,2-3,18H2,1H3. The summed E-state index contributed by atoms with van der Waals surface area (Å²) in [5.41, 5.74) is 10.3. The van der Waals surface area contributed by atoms with Crippen molar-refractivity contribution < 1.29 is 0 Å². The van der Waals surface area contributed by atoms with Gasteiger partial charge in [0.05, 0.1) is 5.56 Å². The van der Waals surface area contributed by atoms with Gasteiger partial charge in [-0.1, -0.05) is 43.7 Å². The molecule has 0 radical (unpaired) electrons. The number of aryl methyl sites for hydroxylation is 1. The van der Waals surface area contributed by atoms with E-state index in [1.165, 1.54) is 5.56 Å². The van der Waals surface area contributed by atoms with Gasteiger partial charge in [0.1, 0.15) is 6.07 Å². The third kappa shape index (κ3) is 2.52. The lowest BCUT2D eigenvalue weighted by atomic mass is 10.00. The molecule has 0 aliphatic carbocycles. The summed E-state index contributed by atoms with van der Waals surface area (Å²) in [6.45, 7) is 2.17. The van der Waals surface area contributed by atoms with Gasteiger partial charge in [-0.25, -0.2) is 0 Å². The Morgan fingerprint density at radius 3 is 2.33 bits per heavy atom. The van der Waals surface area contributed by atoms with Crippen LogP contribution in [0.5, 0.6) is 0 Å². The lowest BCUT2D eigenvalue weighted by Gasteiger charge is -2.05. The molecule has 2 heteroatoms. The molecule has 2 rings (SSSR count). The van der Waals surface area contributed by atoms with Crippen LogP contribution in [0.1, 0.15) is 24.5 Å². The van der Waals surface area contributed by atoms with Crippen LogP contribution in [0, 0.1) is 11.3 Å². The molecule has 0 saturated carbocycles. The predicted octanol–water partition coefficient (Wildman–Crippen LogP) is 3.76. The van der Waals surface area contributed by atoms with Crippen LogP contribution in [0.4, 0.5) is 5.69 Å². The number of nitrogens with zero attached hydrogens (tertiary/aromatic N) is 1. The van der Waals surface area contributed by atoms with E-state index in [4.69, 9.17) is 11.0 Å². The van der Waals surface area contributed by atoms with E-state index >= 15 is 0 Å². The van der Waals surface area contributed by atoms with E-state index in [1.807, 2.05) is 12.1 Å². The van der Waals surface area contributed by atoms with Gasteiger partial charge in [0.2, 0.25) is 0 Å². The fourth-order valence-electron chi connectivity index (χ4n) is 1.99. The summed E-state index contributed by atoms with van der Waals surface area (Å²) in [5.74, 6) is 0. The highest BCUT2D eigenvalue weighted by Crippen LogP contribution is 2.24. The maximum atomic E-state index is 8.97. The highest BCUT2D eigenvalue weighted by molar-refractivity contribution is 5.70. The Morgan fingerprint density at radius 1 is 1.06 bits per heavy atom. The SMILES string of the molecule is CCCc1ccc(-c2ccc(N)c(C#N)c2)cc1. The summed E-state index contributed by atoms with van der Waals surface area (Å²) in [4.78, 5) is 0. The average Bonchev–Trinajstić information content (AvgIpc) is 2.41. The Labute approximate surface area is 108 Å². The van der Waals surface area contributed by atoms with E-state index < -0.39 is 0 Å². The number of nitriles is 1. The normalized spacial score (nSPS) is 10.0. The Kier molecular flexibility index (Phi) is 3.64. The van der Waals surface area contributed by atoms with Gasteiger partial charge in [-0.3, -0.25) is 0 Å². The zero-order chi connectivity index (χ0) is 13.0. The average molecular weight is 236 g/mol. The Bertz CT molecular complexity index is 577. The summed E-state index contributed by atoms with van der Waals surface area (Å²) in [6.07, 6.45) is 2.26. The van der Waals surface area contributed by atoms with Crippen LogP contribution < -0.4 is 5.73 Å². The van der Waals surface area contributed by atoms with E-state index in [9.17, 15) is 0 Å².